The molecular weight excluding hydrogens is 610 g/mol. The van der Waals surface area contributed by atoms with Crippen LogP contribution in [-0.4, -0.2) is 57.6 Å². The van der Waals surface area contributed by atoms with Gasteiger partial charge in [0.15, 0.2) is 12.2 Å². The average molecular weight is 660 g/mol. The van der Waals surface area contributed by atoms with Crippen LogP contribution in [0, 0.1) is 11.8 Å². The number of hydrogen-bond donors (Lipinski definition) is 6. The number of carbonyl (C=O) groups excluding carboxylic acids is 3. The molecule has 6 N–H and O–H groups in total. The summed E-state index contributed by atoms with van der Waals surface area (Å²) in [4.78, 5) is 39.8. The van der Waals surface area contributed by atoms with Crippen LogP contribution in [0.5, 0.6) is 0 Å². The lowest BCUT2D eigenvalue weighted by Crippen LogP contribution is -2.56. The van der Waals surface area contributed by atoms with Crippen LogP contribution < -0.4 is 16.0 Å². The van der Waals surface area contributed by atoms with E-state index in [0.717, 1.165) is 37.7 Å². The molecule has 0 saturated heterocycles. The van der Waals surface area contributed by atoms with Crippen molar-refractivity contribution in [1.82, 2.24) is 16.0 Å². The second kappa shape index (κ2) is 18.3. The van der Waals surface area contributed by atoms with E-state index in [2.05, 4.69) is 16.0 Å². The van der Waals surface area contributed by atoms with Crippen LogP contribution in [0.1, 0.15) is 81.2 Å². The number of aliphatic hydroxyl groups is 3. The van der Waals surface area contributed by atoms with Gasteiger partial charge in [-0.3, -0.25) is 9.59 Å². The van der Waals surface area contributed by atoms with E-state index in [1.54, 1.807) is 62.4 Å². The Morgan fingerprint density at radius 3 is 1.90 bits per heavy atom. The number of rotatable bonds is 15. The number of hydrogen-bond acceptors (Lipinski definition) is 7. The summed E-state index contributed by atoms with van der Waals surface area (Å²) in [7, 11) is 0. The smallest absolute Gasteiger partial charge is 0.408 e. The molecular formula is C38H49N3O7. The van der Waals surface area contributed by atoms with E-state index in [-0.39, 0.29) is 12.5 Å². The highest BCUT2D eigenvalue weighted by atomic mass is 16.6. The van der Waals surface area contributed by atoms with Gasteiger partial charge in [0.1, 0.15) is 12.2 Å². The van der Waals surface area contributed by atoms with Crippen LogP contribution in [-0.2, 0) is 20.9 Å². The van der Waals surface area contributed by atoms with E-state index in [1.807, 2.05) is 42.5 Å². The summed E-state index contributed by atoms with van der Waals surface area (Å²) in [5.41, 5.74) is 2.05. The van der Waals surface area contributed by atoms with Crippen LogP contribution in [0.25, 0.3) is 0 Å². The first-order chi connectivity index (χ1) is 23.1. The zero-order chi connectivity index (χ0) is 34.5. The van der Waals surface area contributed by atoms with Crippen LogP contribution >= 0.6 is 0 Å². The number of alkyl carbamates (subject to hydrolysis) is 1. The maximum absolute atomic E-state index is 13.6. The first-order valence-corrected chi connectivity index (χ1v) is 16.9. The molecule has 6 unspecified atom stereocenters. The Morgan fingerprint density at radius 2 is 1.31 bits per heavy atom. The normalized spacial score (nSPS) is 17.3. The summed E-state index contributed by atoms with van der Waals surface area (Å²) in [6.07, 6.45) is -1.45. The largest absolute Gasteiger partial charge is 0.436 e. The van der Waals surface area contributed by atoms with Gasteiger partial charge in [-0.25, -0.2) is 4.79 Å². The van der Waals surface area contributed by atoms with Crippen molar-refractivity contribution in [3.05, 3.63) is 108 Å². The maximum Gasteiger partial charge on any atom is 0.408 e. The van der Waals surface area contributed by atoms with Crippen molar-refractivity contribution in [2.24, 2.45) is 11.8 Å². The fourth-order valence-electron chi connectivity index (χ4n) is 6.21. The topological polar surface area (TPSA) is 157 Å². The third kappa shape index (κ3) is 10.6. The molecule has 0 bridgehead atoms. The first-order valence-electron chi connectivity index (χ1n) is 16.9. The number of carbonyl (C=O) groups is 3. The molecule has 0 radical (unpaired) electrons. The fourth-order valence-corrected chi connectivity index (χ4v) is 6.21. The Hall–Kier alpha value is -4.25. The fraction of sp³-hybridized carbons (Fsp3) is 0.447. The van der Waals surface area contributed by atoms with Crippen LogP contribution in [0.3, 0.4) is 0 Å². The standard InChI is InChI=1S/C38H49N3O7/c1-25(2)35(48-38(47)39-24-27-17-9-4-10-18-27)37(46)40-30(23-26-15-7-3-8-16-26)33(43)34(44)36(45)41-31(28-19-11-5-12-20-28)32(42)29-21-13-6-14-22-29/h4-6,9-14,17-22,25-26,30-35,42-44H,3,7-8,15-16,23-24H2,1-2H3,(H,39,47)(H,40,46)(H,41,45). The van der Waals surface area contributed by atoms with E-state index in [9.17, 15) is 29.7 Å². The molecule has 3 aromatic rings. The summed E-state index contributed by atoms with van der Waals surface area (Å²) in [5.74, 6) is -1.77. The maximum atomic E-state index is 13.6. The molecule has 3 aromatic carbocycles. The Kier molecular flexibility index (Phi) is 14.0. The summed E-state index contributed by atoms with van der Waals surface area (Å²) < 4.78 is 5.53. The van der Waals surface area contributed by atoms with Crippen molar-refractivity contribution in [3.8, 4) is 0 Å². The van der Waals surface area contributed by atoms with Crippen LogP contribution in [0.15, 0.2) is 91.0 Å². The molecule has 0 aliphatic heterocycles. The molecule has 0 spiro atoms. The number of nitrogens with one attached hydrogen (secondary N) is 3. The van der Waals surface area contributed by atoms with Gasteiger partial charge >= 0.3 is 6.09 Å². The molecule has 0 aromatic heterocycles. The summed E-state index contributed by atoms with van der Waals surface area (Å²) >= 11 is 0. The highest BCUT2D eigenvalue weighted by Crippen LogP contribution is 2.31. The minimum absolute atomic E-state index is 0.165. The number of ether oxygens (including phenoxy) is 1. The Labute approximate surface area is 282 Å². The van der Waals surface area contributed by atoms with Gasteiger partial charge in [0, 0.05) is 6.54 Å². The predicted molar refractivity (Wildman–Crippen MR) is 182 cm³/mol. The van der Waals surface area contributed by atoms with E-state index in [0.29, 0.717) is 17.5 Å². The highest BCUT2D eigenvalue weighted by molar-refractivity contribution is 5.85. The monoisotopic (exact) mass is 659 g/mol. The third-order valence-corrected chi connectivity index (χ3v) is 8.93. The van der Waals surface area contributed by atoms with Gasteiger partial charge in [-0.2, -0.15) is 0 Å². The van der Waals surface area contributed by atoms with Gasteiger partial charge in [-0.15, -0.1) is 0 Å². The van der Waals surface area contributed by atoms with E-state index in [4.69, 9.17) is 4.74 Å². The van der Waals surface area contributed by atoms with Crippen molar-refractivity contribution in [3.63, 3.8) is 0 Å². The third-order valence-electron chi connectivity index (χ3n) is 8.93. The van der Waals surface area contributed by atoms with Gasteiger partial charge in [-0.1, -0.05) is 137 Å². The summed E-state index contributed by atoms with van der Waals surface area (Å²) in [5, 5.41) is 42.2. The first kappa shape index (κ1) is 36.6. The molecule has 3 amide bonds. The molecule has 1 saturated carbocycles. The van der Waals surface area contributed by atoms with Gasteiger partial charge in [0.05, 0.1) is 12.1 Å². The summed E-state index contributed by atoms with van der Waals surface area (Å²) in [6.45, 7) is 3.70. The molecule has 1 fully saturated rings. The Morgan fingerprint density at radius 1 is 0.750 bits per heavy atom. The zero-order valence-electron chi connectivity index (χ0n) is 27.7. The minimum atomic E-state index is -1.93. The number of aliphatic hydroxyl groups excluding tert-OH is 3. The molecule has 10 nitrogen and oxygen atoms in total. The molecule has 1 aliphatic rings. The lowest BCUT2D eigenvalue weighted by molar-refractivity contribution is -0.142. The van der Waals surface area contributed by atoms with Gasteiger partial charge < -0.3 is 36.0 Å². The van der Waals surface area contributed by atoms with E-state index in [1.165, 1.54) is 0 Å². The van der Waals surface area contributed by atoms with Crippen molar-refractivity contribution in [1.29, 1.82) is 0 Å². The molecule has 1 aliphatic carbocycles. The molecule has 0 heterocycles. The van der Waals surface area contributed by atoms with E-state index < -0.39 is 60.3 Å². The molecule has 10 heteroatoms. The van der Waals surface area contributed by atoms with Gasteiger partial charge in [0.25, 0.3) is 11.8 Å². The van der Waals surface area contributed by atoms with Crippen LogP contribution in [0.4, 0.5) is 4.79 Å². The lowest BCUT2D eigenvalue weighted by Gasteiger charge is -2.34. The Bertz CT molecular complexity index is 1420. The van der Waals surface area contributed by atoms with E-state index >= 15 is 0 Å². The van der Waals surface area contributed by atoms with Crippen molar-refractivity contribution in [2.45, 2.75) is 95.4 Å². The van der Waals surface area contributed by atoms with Gasteiger partial charge in [0.2, 0.25) is 0 Å². The van der Waals surface area contributed by atoms with Gasteiger partial charge in [-0.05, 0) is 34.9 Å². The Balaban J connectivity index is 1.48. The second-order valence-electron chi connectivity index (χ2n) is 13.0. The lowest BCUT2D eigenvalue weighted by atomic mass is 9.82. The predicted octanol–water partition coefficient (Wildman–Crippen LogP) is 4.71. The van der Waals surface area contributed by atoms with Crippen molar-refractivity contribution >= 4 is 17.9 Å². The molecule has 4 rings (SSSR count). The quantitative estimate of drug-likeness (QED) is 0.138. The molecule has 258 valence electrons. The molecule has 48 heavy (non-hydrogen) atoms. The minimum Gasteiger partial charge on any atom is -0.436 e. The van der Waals surface area contributed by atoms with Crippen molar-refractivity contribution in [2.75, 3.05) is 0 Å². The van der Waals surface area contributed by atoms with Crippen LogP contribution in [0.2, 0.25) is 0 Å². The number of benzene rings is 3. The van der Waals surface area contributed by atoms with Crippen molar-refractivity contribution < 1.29 is 34.4 Å². The summed E-state index contributed by atoms with van der Waals surface area (Å²) in [6, 6.07) is 25.1. The SMILES string of the molecule is CC(C)C(OC(=O)NCc1ccccc1)C(=O)NC(CC1CCCCC1)C(O)C(O)C(=O)NC(c1ccccc1)C(O)c1ccccc1. The zero-order valence-corrected chi connectivity index (χ0v) is 27.7. The molecule has 6 atom stereocenters. The second-order valence-corrected chi connectivity index (χ2v) is 13.0. The number of amides is 3. The highest BCUT2D eigenvalue weighted by Gasteiger charge is 2.38. The average Bonchev–Trinajstić information content (AvgIpc) is 3.12.